The van der Waals surface area contributed by atoms with E-state index in [2.05, 4.69) is 15.6 Å². The Morgan fingerprint density at radius 3 is 2.52 bits per heavy atom. The molecule has 1 amide bonds. The number of nitrogens with one attached hydrogen (secondary N) is 2. The van der Waals surface area contributed by atoms with Gasteiger partial charge in [0.05, 0.1) is 24.9 Å². The number of carbonyl (C=O) groups is 1. The molecule has 3 aromatic rings. The molecular formula is C24H26ClN3O3. The van der Waals surface area contributed by atoms with Gasteiger partial charge in [0.25, 0.3) is 0 Å². The Morgan fingerprint density at radius 1 is 1.06 bits per heavy atom. The zero-order valence-corrected chi connectivity index (χ0v) is 18.6. The summed E-state index contributed by atoms with van der Waals surface area (Å²) in [5, 5.41) is 6.82. The smallest absolute Gasteiger partial charge is 0.247 e. The lowest BCUT2D eigenvalue weighted by molar-refractivity contribution is -0.121. The van der Waals surface area contributed by atoms with Gasteiger partial charge in [0.15, 0.2) is 0 Å². The Labute approximate surface area is 187 Å². The molecule has 0 aliphatic heterocycles. The van der Waals surface area contributed by atoms with E-state index in [1.807, 2.05) is 37.3 Å². The van der Waals surface area contributed by atoms with Crippen molar-refractivity contribution in [2.75, 3.05) is 26.1 Å². The molecule has 1 unspecified atom stereocenters. The van der Waals surface area contributed by atoms with Crippen molar-refractivity contribution in [3.05, 3.63) is 82.6 Å². The van der Waals surface area contributed by atoms with Crippen molar-refractivity contribution in [3.8, 4) is 11.5 Å². The van der Waals surface area contributed by atoms with Crippen molar-refractivity contribution >= 4 is 23.2 Å². The van der Waals surface area contributed by atoms with Crippen molar-refractivity contribution in [1.29, 1.82) is 0 Å². The van der Waals surface area contributed by atoms with Crippen LogP contribution in [0.1, 0.15) is 22.7 Å². The number of aryl methyl sites for hydroxylation is 1. The highest BCUT2D eigenvalue weighted by Crippen LogP contribution is 2.34. The van der Waals surface area contributed by atoms with E-state index in [9.17, 15) is 4.79 Å². The van der Waals surface area contributed by atoms with Gasteiger partial charge in [-0.15, -0.1) is 0 Å². The first-order valence-corrected chi connectivity index (χ1v) is 10.3. The van der Waals surface area contributed by atoms with E-state index in [0.717, 1.165) is 11.1 Å². The Balaban J connectivity index is 1.87. The minimum absolute atomic E-state index is 0.197. The average molecular weight is 440 g/mol. The molecule has 1 heterocycles. The van der Waals surface area contributed by atoms with Crippen molar-refractivity contribution < 1.29 is 14.3 Å². The van der Waals surface area contributed by atoms with E-state index in [1.165, 1.54) is 0 Å². The third kappa shape index (κ3) is 5.89. The number of aromatic nitrogens is 1. The van der Waals surface area contributed by atoms with Crippen LogP contribution in [-0.2, 0) is 11.2 Å². The van der Waals surface area contributed by atoms with Crippen molar-refractivity contribution in [1.82, 2.24) is 10.3 Å². The predicted octanol–water partition coefficient (Wildman–Crippen LogP) is 4.57. The van der Waals surface area contributed by atoms with Gasteiger partial charge in [0.2, 0.25) is 5.91 Å². The highest BCUT2D eigenvalue weighted by Gasteiger charge is 2.25. The molecule has 6 nitrogen and oxygen atoms in total. The second kappa shape index (κ2) is 10.7. The van der Waals surface area contributed by atoms with Gasteiger partial charge in [-0.2, -0.15) is 0 Å². The molecule has 0 aliphatic rings. The number of amides is 1. The number of carbonyl (C=O) groups excluding carboxylic acids is 1. The van der Waals surface area contributed by atoms with Crippen LogP contribution >= 0.6 is 11.6 Å². The van der Waals surface area contributed by atoms with Gasteiger partial charge in [0.1, 0.15) is 17.5 Å². The SMILES string of the molecule is COc1ccc(OC)c(C(Nc2ccc(C)cc2Cl)C(=O)NCCc2ccncc2)c1. The molecule has 0 spiro atoms. The van der Waals surface area contributed by atoms with Crippen LogP contribution in [0.5, 0.6) is 11.5 Å². The summed E-state index contributed by atoms with van der Waals surface area (Å²) in [6.45, 7) is 2.44. The predicted molar refractivity (Wildman–Crippen MR) is 123 cm³/mol. The zero-order valence-electron chi connectivity index (χ0n) is 17.8. The van der Waals surface area contributed by atoms with E-state index < -0.39 is 6.04 Å². The van der Waals surface area contributed by atoms with Crippen LogP contribution in [-0.4, -0.2) is 31.7 Å². The number of rotatable bonds is 9. The summed E-state index contributed by atoms with van der Waals surface area (Å²) in [7, 11) is 3.15. The standard InChI is InChI=1S/C24H26ClN3O3/c1-16-4-6-21(20(25)14-16)28-23(19-15-18(30-2)5-7-22(19)31-3)24(29)27-13-10-17-8-11-26-12-9-17/h4-9,11-12,14-15,23,28H,10,13H2,1-3H3,(H,27,29). The molecule has 0 saturated heterocycles. The second-order valence-electron chi connectivity index (χ2n) is 7.07. The van der Waals surface area contributed by atoms with Crippen LogP contribution in [0.25, 0.3) is 0 Å². The van der Waals surface area contributed by atoms with E-state index in [4.69, 9.17) is 21.1 Å². The van der Waals surface area contributed by atoms with E-state index in [-0.39, 0.29) is 5.91 Å². The number of halogens is 1. The van der Waals surface area contributed by atoms with Gasteiger partial charge < -0.3 is 20.1 Å². The number of benzene rings is 2. The molecule has 0 radical (unpaired) electrons. The fraction of sp³-hybridized carbons (Fsp3) is 0.250. The summed E-state index contributed by atoms with van der Waals surface area (Å²) >= 11 is 6.43. The highest BCUT2D eigenvalue weighted by molar-refractivity contribution is 6.33. The van der Waals surface area contributed by atoms with Crippen LogP contribution in [0.3, 0.4) is 0 Å². The molecule has 0 bridgehead atoms. The fourth-order valence-electron chi connectivity index (χ4n) is 3.22. The van der Waals surface area contributed by atoms with Gasteiger partial charge >= 0.3 is 0 Å². The minimum Gasteiger partial charge on any atom is -0.497 e. The molecule has 0 saturated carbocycles. The van der Waals surface area contributed by atoms with Gasteiger partial charge in [0, 0.05) is 24.5 Å². The maximum atomic E-state index is 13.3. The summed E-state index contributed by atoms with van der Waals surface area (Å²) in [5.74, 6) is 1.00. The first-order chi connectivity index (χ1) is 15.0. The minimum atomic E-state index is -0.734. The number of pyridine rings is 1. The lowest BCUT2D eigenvalue weighted by Gasteiger charge is -2.23. The molecule has 2 aromatic carbocycles. The van der Waals surface area contributed by atoms with Crippen LogP contribution in [0.4, 0.5) is 5.69 Å². The summed E-state index contributed by atoms with van der Waals surface area (Å²) in [6, 6.07) is 14.1. The van der Waals surface area contributed by atoms with Crippen molar-refractivity contribution in [2.45, 2.75) is 19.4 Å². The molecule has 162 valence electrons. The van der Waals surface area contributed by atoms with Gasteiger partial charge in [-0.3, -0.25) is 9.78 Å². The Morgan fingerprint density at radius 2 is 1.84 bits per heavy atom. The number of hydrogen-bond donors (Lipinski definition) is 2. The van der Waals surface area contributed by atoms with Crippen LogP contribution < -0.4 is 20.1 Å². The summed E-state index contributed by atoms with van der Waals surface area (Å²) < 4.78 is 10.9. The van der Waals surface area contributed by atoms with Gasteiger partial charge in [-0.25, -0.2) is 0 Å². The molecule has 1 aromatic heterocycles. The summed E-state index contributed by atoms with van der Waals surface area (Å²) in [4.78, 5) is 17.3. The number of ether oxygens (including phenoxy) is 2. The van der Waals surface area contributed by atoms with Crippen LogP contribution in [0, 0.1) is 6.92 Å². The maximum Gasteiger partial charge on any atom is 0.247 e. The molecule has 2 N–H and O–H groups in total. The average Bonchev–Trinajstić information content (AvgIpc) is 2.78. The zero-order chi connectivity index (χ0) is 22.2. The first kappa shape index (κ1) is 22.4. The highest BCUT2D eigenvalue weighted by atomic mass is 35.5. The monoisotopic (exact) mass is 439 g/mol. The quantitative estimate of drug-likeness (QED) is 0.511. The van der Waals surface area contributed by atoms with Gasteiger partial charge in [-0.05, 0) is 66.9 Å². The lowest BCUT2D eigenvalue weighted by Crippen LogP contribution is -2.35. The topological polar surface area (TPSA) is 72.5 Å². The second-order valence-corrected chi connectivity index (χ2v) is 7.47. The van der Waals surface area contributed by atoms with E-state index in [0.29, 0.717) is 40.7 Å². The molecule has 31 heavy (non-hydrogen) atoms. The van der Waals surface area contributed by atoms with Crippen LogP contribution in [0.2, 0.25) is 5.02 Å². The Hall–Kier alpha value is -3.25. The molecule has 0 fully saturated rings. The first-order valence-electron chi connectivity index (χ1n) is 9.93. The molecule has 7 heteroatoms. The molecule has 1 atom stereocenters. The van der Waals surface area contributed by atoms with Crippen LogP contribution in [0.15, 0.2) is 60.9 Å². The number of nitrogens with zero attached hydrogens (tertiary/aromatic N) is 1. The summed E-state index contributed by atoms with van der Waals surface area (Å²) in [6.07, 6.45) is 4.17. The number of methoxy groups -OCH3 is 2. The van der Waals surface area contributed by atoms with Crippen molar-refractivity contribution in [2.24, 2.45) is 0 Å². The third-order valence-electron chi connectivity index (χ3n) is 4.90. The third-order valence-corrected chi connectivity index (χ3v) is 5.21. The molecule has 0 aliphatic carbocycles. The molecule has 3 rings (SSSR count). The van der Waals surface area contributed by atoms with Gasteiger partial charge in [-0.1, -0.05) is 17.7 Å². The Bertz CT molecular complexity index is 1030. The van der Waals surface area contributed by atoms with Crippen molar-refractivity contribution in [3.63, 3.8) is 0 Å². The number of hydrogen-bond acceptors (Lipinski definition) is 5. The molecular weight excluding hydrogens is 414 g/mol. The summed E-state index contributed by atoms with van der Waals surface area (Å²) in [5.41, 5.74) is 3.44. The van der Waals surface area contributed by atoms with E-state index >= 15 is 0 Å². The Kier molecular flexibility index (Phi) is 7.73. The largest absolute Gasteiger partial charge is 0.497 e. The maximum absolute atomic E-state index is 13.3. The van der Waals surface area contributed by atoms with E-state index in [1.54, 1.807) is 44.8 Å². The fourth-order valence-corrected chi connectivity index (χ4v) is 3.51. The normalized spacial score (nSPS) is 11.5. The number of anilines is 1. The lowest BCUT2D eigenvalue weighted by atomic mass is 10.0.